The van der Waals surface area contributed by atoms with E-state index in [1.54, 1.807) is 18.2 Å². The molecule has 0 aliphatic rings. The Kier molecular flexibility index (Phi) is 4.54. The van der Waals surface area contributed by atoms with Crippen LogP contribution in [0.1, 0.15) is 15.9 Å². The summed E-state index contributed by atoms with van der Waals surface area (Å²) in [5.41, 5.74) is 0.692. The first kappa shape index (κ1) is 16.1. The number of hydrogen-bond donors (Lipinski definition) is 2. The number of rotatable bonds is 4. The van der Waals surface area contributed by atoms with Gasteiger partial charge in [0.05, 0.1) is 16.1 Å². The smallest absolute Gasteiger partial charge is 0.336 e. The van der Waals surface area contributed by atoms with Crippen molar-refractivity contribution in [1.82, 2.24) is 0 Å². The number of nitrogens with one attached hydrogen (secondary N) is 1. The van der Waals surface area contributed by atoms with E-state index in [0.717, 1.165) is 6.07 Å². The summed E-state index contributed by atoms with van der Waals surface area (Å²) in [4.78, 5) is 10.9. The van der Waals surface area contributed by atoms with Crippen molar-refractivity contribution in [1.29, 1.82) is 0 Å². The Hall–Kier alpha value is -2.30. The van der Waals surface area contributed by atoms with Crippen LogP contribution in [-0.4, -0.2) is 19.5 Å². The lowest BCUT2D eigenvalue weighted by Gasteiger charge is -2.09. The van der Waals surface area contributed by atoms with Gasteiger partial charge in [-0.2, -0.15) is 0 Å². The third-order valence-corrected chi connectivity index (χ3v) is 4.83. The summed E-state index contributed by atoms with van der Waals surface area (Å²) in [5, 5.41) is 9.05. The molecule has 2 N–H and O–H groups in total. The summed E-state index contributed by atoms with van der Waals surface area (Å²) in [6, 6.07) is 10.1. The minimum absolute atomic E-state index is 0.139. The molecule has 0 unspecified atom stereocenters. The standard InChI is InChI=1S/C15H10BrNO4S/c1-2-10-4-3-5-11(8-10)17-22(20,21)12-6-7-14(16)13(9-12)15(18)19/h1,3-9,17H,(H,18,19). The fraction of sp³-hybridized carbons (Fsp3) is 0. The van der Waals surface area contributed by atoms with E-state index in [4.69, 9.17) is 11.5 Å². The number of halogens is 1. The lowest BCUT2D eigenvalue weighted by molar-refractivity contribution is 0.0695. The van der Waals surface area contributed by atoms with Crippen LogP contribution >= 0.6 is 15.9 Å². The van der Waals surface area contributed by atoms with Gasteiger partial charge in [0.1, 0.15) is 0 Å². The highest BCUT2D eigenvalue weighted by atomic mass is 79.9. The van der Waals surface area contributed by atoms with Crippen LogP contribution in [0.5, 0.6) is 0 Å². The zero-order chi connectivity index (χ0) is 16.3. The van der Waals surface area contributed by atoms with Gasteiger partial charge in [-0.05, 0) is 52.3 Å². The first-order valence-corrected chi connectivity index (χ1v) is 8.23. The normalized spacial score (nSPS) is 10.7. The maximum atomic E-state index is 12.3. The minimum atomic E-state index is -3.91. The first-order chi connectivity index (χ1) is 10.3. The van der Waals surface area contributed by atoms with Crippen LogP contribution in [0.2, 0.25) is 0 Å². The van der Waals surface area contributed by atoms with Gasteiger partial charge in [-0.1, -0.05) is 12.0 Å². The molecule has 0 amide bonds. The number of carbonyl (C=O) groups is 1. The molecule has 0 aromatic heterocycles. The Morgan fingerprint density at radius 3 is 2.59 bits per heavy atom. The quantitative estimate of drug-likeness (QED) is 0.799. The number of terminal acetylenes is 1. The van der Waals surface area contributed by atoms with E-state index in [9.17, 15) is 13.2 Å². The second kappa shape index (κ2) is 6.22. The Morgan fingerprint density at radius 1 is 1.23 bits per heavy atom. The SMILES string of the molecule is C#Cc1cccc(NS(=O)(=O)c2ccc(Br)c(C(=O)O)c2)c1. The molecule has 5 nitrogen and oxygen atoms in total. The molecule has 112 valence electrons. The molecule has 7 heteroatoms. The van der Waals surface area contributed by atoms with Crippen molar-refractivity contribution in [2.45, 2.75) is 4.90 Å². The highest BCUT2D eigenvalue weighted by Gasteiger charge is 2.18. The van der Waals surface area contributed by atoms with E-state index in [1.165, 1.54) is 18.2 Å². The van der Waals surface area contributed by atoms with Gasteiger partial charge in [0.15, 0.2) is 0 Å². The average Bonchev–Trinajstić information content (AvgIpc) is 2.46. The number of carboxylic acid groups (broad SMARTS) is 1. The Balaban J connectivity index is 2.41. The van der Waals surface area contributed by atoms with Gasteiger partial charge < -0.3 is 5.11 Å². The molecule has 0 spiro atoms. The maximum Gasteiger partial charge on any atom is 0.336 e. The van der Waals surface area contributed by atoms with E-state index in [1.807, 2.05) is 0 Å². The molecule has 0 saturated heterocycles. The fourth-order valence-electron chi connectivity index (χ4n) is 1.72. The van der Waals surface area contributed by atoms with Crippen LogP contribution in [0.15, 0.2) is 51.8 Å². The van der Waals surface area contributed by atoms with Crippen LogP contribution in [0.3, 0.4) is 0 Å². The molecule has 0 bridgehead atoms. The van der Waals surface area contributed by atoms with Crippen LogP contribution in [0, 0.1) is 12.3 Å². The average molecular weight is 380 g/mol. The number of anilines is 1. The molecule has 0 saturated carbocycles. The zero-order valence-corrected chi connectivity index (χ0v) is 13.5. The summed E-state index contributed by atoms with van der Waals surface area (Å²) in [6.07, 6.45) is 5.27. The number of aromatic carboxylic acids is 1. The van der Waals surface area contributed by atoms with Crippen molar-refractivity contribution in [3.8, 4) is 12.3 Å². The Bertz CT molecular complexity index is 885. The van der Waals surface area contributed by atoms with Crippen molar-refractivity contribution in [3.05, 3.63) is 58.1 Å². The summed E-state index contributed by atoms with van der Waals surface area (Å²) in [5.74, 6) is 1.18. The third-order valence-electron chi connectivity index (χ3n) is 2.76. The topological polar surface area (TPSA) is 83.5 Å². The van der Waals surface area contributed by atoms with Crippen molar-refractivity contribution < 1.29 is 18.3 Å². The fourth-order valence-corrected chi connectivity index (χ4v) is 3.21. The van der Waals surface area contributed by atoms with E-state index in [-0.39, 0.29) is 10.5 Å². The number of sulfonamides is 1. The van der Waals surface area contributed by atoms with Crippen LogP contribution in [0.4, 0.5) is 5.69 Å². The predicted molar refractivity (Wildman–Crippen MR) is 86.3 cm³/mol. The number of benzene rings is 2. The lowest BCUT2D eigenvalue weighted by Crippen LogP contribution is -2.14. The molecular formula is C15H10BrNO4S. The molecule has 0 heterocycles. The maximum absolute atomic E-state index is 12.3. The van der Waals surface area contributed by atoms with Crippen molar-refractivity contribution in [2.75, 3.05) is 4.72 Å². The van der Waals surface area contributed by atoms with E-state index >= 15 is 0 Å². The van der Waals surface area contributed by atoms with Gasteiger partial charge >= 0.3 is 5.97 Å². The van der Waals surface area contributed by atoms with Crippen molar-refractivity contribution >= 4 is 37.6 Å². The van der Waals surface area contributed by atoms with Crippen molar-refractivity contribution in [3.63, 3.8) is 0 Å². The monoisotopic (exact) mass is 379 g/mol. The van der Waals surface area contributed by atoms with E-state index < -0.39 is 16.0 Å². The molecule has 22 heavy (non-hydrogen) atoms. The van der Waals surface area contributed by atoms with Gasteiger partial charge in [0.25, 0.3) is 10.0 Å². The van der Waals surface area contributed by atoms with Gasteiger partial charge in [0.2, 0.25) is 0 Å². The van der Waals surface area contributed by atoms with Gasteiger partial charge in [0, 0.05) is 10.0 Å². The number of hydrogen-bond acceptors (Lipinski definition) is 3. The van der Waals surface area contributed by atoms with Crippen LogP contribution in [-0.2, 0) is 10.0 Å². The molecule has 0 fully saturated rings. The van der Waals surface area contributed by atoms with E-state index in [2.05, 4.69) is 26.6 Å². The Labute approximate surface area is 136 Å². The highest BCUT2D eigenvalue weighted by Crippen LogP contribution is 2.23. The summed E-state index contributed by atoms with van der Waals surface area (Å²) < 4.78 is 27.3. The number of carboxylic acids is 1. The van der Waals surface area contributed by atoms with Gasteiger partial charge in [-0.15, -0.1) is 6.42 Å². The lowest BCUT2D eigenvalue weighted by atomic mass is 10.2. The summed E-state index contributed by atoms with van der Waals surface area (Å²) in [7, 11) is -3.91. The second-order valence-corrected chi connectivity index (χ2v) is 6.81. The molecular weight excluding hydrogens is 370 g/mol. The minimum Gasteiger partial charge on any atom is -0.478 e. The highest BCUT2D eigenvalue weighted by molar-refractivity contribution is 9.10. The summed E-state index contributed by atoms with van der Waals surface area (Å²) >= 11 is 3.07. The molecule has 0 atom stereocenters. The van der Waals surface area contributed by atoms with Crippen LogP contribution in [0.25, 0.3) is 0 Å². The molecule has 0 aliphatic carbocycles. The summed E-state index contributed by atoms with van der Waals surface area (Å²) in [6.45, 7) is 0. The van der Waals surface area contributed by atoms with E-state index in [0.29, 0.717) is 15.7 Å². The predicted octanol–water partition coefficient (Wildman–Crippen LogP) is 2.93. The largest absolute Gasteiger partial charge is 0.478 e. The van der Waals surface area contributed by atoms with Crippen molar-refractivity contribution in [2.24, 2.45) is 0 Å². The Morgan fingerprint density at radius 2 is 1.95 bits per heavy atom. The molecule has 2 rings (SSSR count). The first-order valence-electron chi connectivity index (χ1n) is 5.96. The molecule has 0 aliphatic heterocycles. The zero-order valence-electron chi connectivity index (χ0n) is 11.1. The third kappa shape index (κ3) is 3.47. The molecule has 0 radical (unpaired) electrons. The van der Waals surface area contributed by atoms with Gasteiger partial charge in [-0.25, -0.2) is 13.2 Å². The molecule has 2 aromatic carbocycles. The van der Waals surface area contributed by atoms with Gasteiger partial charge in [-0.3, -0.25) is 4.72 Å². The van der Waals surface area contributed by atoms with Crippen LogP contribution < -0.4 is 4.72 Å². The molecule has 2 aromatic rings. The second-order valence-electron chi connectivity index (χ2n) is 4.28.